The summed E-state index contributed by atoms with van der Waals surface area (Å²) in [6.07, 6.45) is 2.23. The SMILES string of the molecule is COC(=O)NC(C(C)C)C(O)N1CCCC1c1ncc(-c2ccc(B3OC(C)(C)C(C)(C)O3)cc2)[nH]1. The topological polar surface area (TPSA) is 109 Å². The van der Waals surface area contributed by atoms with Gasteiger partial charge in [0.15, 0.2) is 0 Å². The van der Waals surface area contributed by atoms with Crippen LogP contribution in [0, 0.1) is 5.92 Å². The van der Waals surface area contributed by atoms with Crippen molar-refractivity contribution in [2.24, 2.45) is 5.92 Å². The van der Waals surface area contributed by atoms with Gasteiger partial charge in [0.1, 0.15) is 12.1 Å². The molecule has 0 aliphatic carbocycles. The fraction of sp³-hybridized carbons (Fsp3) is 0.615. The highest BCUT2D eigenvalue weighted by Crippen LogP contribution is 2.37. The van der Waals surface area contributed by atoms with Crippen LogP contribution >= 0.6 is 0 Å². The quantitative estimate of drug-likeness (QED) is 0.503. The number of carbonyl (C=O) groups is 1. The van der Waals surface area contributed by atoms with Crippen molar-refractivity contribution >= 4 is 18.7 Å². The van der Waals surface area contributed by atoms with E-state index < -0.39 is 25.5 Å². The number of H-pyrrole nitrogens is 1. The van der Waals surface area contributed by atoms with Crippen molar-refractivity contribution in [3.8, 4) is 11.3 Å². The van der Waals surface area contributed by atoms with Gasteiger partial charge in [-0.15, -0.1) is 0 Å². The maximum atomic E-state index is 11.8. The average molecular weight is 498 g/mol. The molecular formula is C26H39BN4O5. The van der Waals surface area contributed by atoms with Gasteiger partial charge >= 0.3 is 13.2 Å². The molecule has 4 rings (SSSR count). The van der Waals surface area contributed by atoms with Gasteiger partial charge in [-0.05, 0) is 57.5 Å². The maximum absolute atomic E-state index is 11.8. The molecule has 0 spiro atoms. The zero-order chi connectivity index (χ0) is 26.3. The number of alkyl carbamates (subject to hydrolysis) is 1. The molecule has 2 aromatic rings. The maximum Gasteiger partial charge on any atom is 0.494 e. The van der Waals surface area contributed by atoms with Gasteiger partial charge in [-0.25, -0.2) is 9.78 Å². The van der Waals surface area contributed by atoms with Crippen molar-refractivity contribution in [2.45, 2.75) is 83.9 Å². The first kappa shape index (κ1) is 26.7. The number of aliphatic hydroxyl groups is 1. The molecule has 1 amide bonds. The van der Waals surface area contributed by atoms with E-state index in [2.05, 4.69) is 15.3 Å². The van der Waals surface area contributed by atoms with Gasteiger partial charge in [0.2, 0.25) is 0 Å². The standard InChI is InChI=1S/C26H39BN4O5/c1-16(2)21(30-24(33)34-7)23(32)31-14-8-9-20(31)22-28-15-19(29-22)17-10-12-18(13-11-17)27-35-25(3,4)26(5,6)36-27/h10-13,15-16,20-21,23,32H,8-9,14H2,1-7H3,(H,28,29)(H,30,33). The van der Waals surface area contributed by atoms with E-state index in [0.29, 0.717) is 0 Å². The molecular weight excluding hydrogens is 459 g/mol. The minimum Gasteiger partial charge on any atom is -0.453 e. The van der Waals surface area contributed by atoms with Gasteiger partial charge in [-0.2, -0.15) is 0 Å². The molecule has 3 atom stereocenters. The molecule has 2 aliphatic rings. The Balaban J connectivity index is 1.48. The number of amides is 1. The molecule has 0 saturated carbocycles. The molecule has 36 heavy (non-hydrogen) atoms. The zero-order valence-corrected chi connectivity index (χ0v) is 22.4. The molecule has 3 unspecified atom stereocenters. The molecule has 2 aliphatic heterocycles. The second-order valence-electron chi connectivity index (χ2n) is 11.1. The number of ether oxygens (including phenoxy) is 1. The third-order valence-corrected chi connectivity index (χ3v) is 7.80. The van der Waals surface area contributed by atoms with Crippen molar-refractivity contribution in [3.05, 3.63) is 36.3 Å². The molecule has 0 bridgehead atoms. The molecule has 10 heteroatoms. The van der Waals surface area contributed by atoms with Crippen molar-refractivity contribution in [1.29, 1.82) is 0 Å². The van der Waals surface area contributed by atoms with Crippen LogP contribution in [0.4, 0.5) is 4.79 Å². The van der Waals surface area contributed by atoms with Crippen LogP contribution in [0.3, 0.4) is 0 Å². The number of rotatable bonds is 7. The summed E-state index contributed by atoms with van der Waals surface area (Å²) in [5, 5.41) is 14.0. The highest BCUT2D eigenvalue weighted by molar-refractivity contribution is 6.62. The summed E-state index contributed by atoms with van der Waals surface area (Å²) in [5.41, 5.74) is 2.12. The van der Waals surface area contributed by atoms with Crippen LogP contribution in [0.15, 0.2) is 30.5 Å². The fourth-order valence-corrected chi connectivity index (χ4v) is 4.84. The number of hydrogen-bond donors (Lipinski definition) is 3. The summed E-state index contributed by atoms with van der Waals surface area (Å²) in [6, 6.07) is 7.58. The summed E-state index contributed by atoms with van der Waals surface area (Å²) in [7, 11) is 0.923. The van der Waals surface area contributed by atoms with Gasteiger partial charge < -0.3 is 29.5 Å². The third-order valence-electron chi connectivity index (χ3n) is 7.80. The van der Waals surface area contributed by atoms with E-state index in [1.54, 1.807) is 0 Å². The largest absolute Gasteiger partial charge is 0.494 e. The number of benzene rings is 1. The second-order valence-corrected chi connectivity index (χ2v) is 11.1. The number of aromatic nitrogens is 2. The van der Waals surface area contributed by atoms with Crippen molar-refractivity contribution in [3.63, 3.8) is 0 Å². The van der Waals surface area contributed by atoms with Crippen LogP contribution in [0.2, 0.25) is 0 Å². The Morgan fingerprint density at radius 2 is 1.86 bits per heavy atom. The van der Waals surface area contributed by atoms with E-state index in [0.717, 1.165) is 41.9 Å². The van der Waals surface area contributed by atoms with Crippen LogP contribution in [-0.2, 0) is 14.0 Å². The Morgan fingerprint density at radius 1 is 1.22 bits per heavy atom. The number of likely N-dealkylation sites (tertiary alicyclic amines) is 1. The molecule has 3 heterocycles. The second kappa shape index (κ2) is 10.2. The summed E-state index contributed by atoms with van der Waals surface area (Å²) >= 11 is 0. The highest BCUT2D eigenvalue weighted by atomic mass is 16.7. The molecule has 196 valence electrons. The van der Waals surface area contributed by atoms with Gasteiger partial charge in [-0.1, -0.05) is 38.1 Å². The first-order chi connectivity index (χ1) is 16.9. The third kappa shape index (κ3) is 5.18. The Hall–Kier alpha value is -2.40. The fourth-order valence-electron chi connectivity index (χ4n) is 4.84. The van der Waals surface area contributed by atoms with Crippen LogP contribution < -0.4 is 10.8 Å². The molecule has 3 N–H and O–H groups in total. The summed E-state index contributed by atoms with van der Waals surface area (Å²) < 4.78 is 17.1. The number of hydrogen-bond acceptors (Lipinski definition) is 7. The highest BCUT2D eigenvalue weighted by Gasteiger charge is 2.51. The lowest BCUT2D eigenvalue weighted by Crippen LogP contribution is -2.54. The van der Waals surface area contributed by atoms with E-state index in [-0.39, 0.29) is 23.2 Å². The van der Waals surface area contributed by atoms with Crippen LogP contribution in [0.25, 0.3) is 11.3 Å². The minimum absolute atomic E-state index is 0.0232. The first-order valence-corrected chi connectivity index (χ1v) is 12.7. The molecule has 0 radical (unpaired) electrons. The number of nitrogens with one attached hydrogen (secondary N) is 2. The van der Waals surface area contributed by atoms with E-state index >= 15 is 0 Å². The number of methoxy groups -OCH3 is 1. The lowest BCUT2D eigenvalue weighted by Gasteiger charge is -2.35. The molecule has 1 aromatic heterocycles. The number of nitrogens with zero attached hydrogens (tertiary/aromatic N) is 2. The van der Waals surface area contributed by atoms with Crippen molar-refractivity contribution in [2.75, 3.05) is 13.7 Å². The van der Waals surface area contributed by atoms with Crippen molar-refractivity contribution in [1.82, 2.24) is 20.2 Å². The predicted octanol–water partition coefficient (Wildman–Crippen LogP) is 3.21. The number of carbonyl (C=O) groups excluding carboxylic acids is 1. The van der Waals surface area contributed by atoms with Gasteiger partial charge in [0, 0.05) is 6.54 Å². The number of imidazole rings is 1. The smallest absolute Gasteiger partial charge is 0.453 e. The molecule has 1 aromatic carbocycles. The van der Waals surface area contributed by atoms with Gasteiger partial charge in [-0.3, -0.25) is 4.90 Å². The Bertz CT molecular complexity index is 1040. The number of aliphatic hydroxyl groups excluding tert-OH is 1. The normalized spacial score (nSPS) is 23.1. The first-order valence-electron chi connectivity index (χ1n) is 12.7. The molecule has 9 nitrogen and oxygen atoms in total. The van der Waals surface area contributed by atoms with E-state index in [1.165, 1.54) is 7.11 Å². The van der Waals surface area contributed by atoms with Crippen LogP contribution in [0.5, 0.6) is 0 Å². The Labute approximate surface area is 214 Å². The van der Waals surface area contributed by atoms with Gasteiger partial charge in [0.05, 0.1) is 42.3 Å². The Kier molecular flexibility index (Phi) is 7.53. The zero-order valence-electron chi connectivity index (χ0n) is 22.4. The van der Waals surface area contributed by atoms with E-state index in [1.807, 2.05) is 76.9 Å². The molecule has 2 fully saturated rings. The minimum atomic E-state index is -0.857. The summed E-state index contributed by atoms with van der Waals surface area (Å²) in [4.78, 5) is 21.9. The monoisotopic (exact) mass is 498 g/mol. The van der Waals surface area contributed by atoms with E-state index in [4.69, 9.17) is 14.0 Å². The Morgan fingerprint density at radius 3 is 2.44 bits per heavy atom. The number of aromatic amines is 1. The van der Waals surface area contributed by atoms with E-state index in [9.17, 15) is 9.90 Å². The van der Waals surface area contributed by atoms with Crippen LogP contribution in [0.1, 0.15) is 66.3 Å². The van der Waals surface area contributed by atoms with Crippen molar-refractivity contribution < 1.29 is 23.9 Å². The summed E-state index contributed by atoms with van der Waals surface area (Å²) in [5.74, 6) is 0.826. The average Bonchev–Trinajstić information content (AvgIpc) is 3.54. The van der Waals surface area contributed by atoms with Gasteiger partial charge in [0.25, 0.3) is 0 Å². The van der Waals surface area contributed by atoms with Crippen LogP contribution in [-0.4, -0.2) is 70.3 Å². The lowest BCUT2D eigenvalue weighted by atomic mass is 9.79. The predicted molar refractivity (Wildman–Crippen MR) is 139 cm³/mol. The summed E-state index contributed by atoms with van der Waals surface area (Å²) in [6.45, 7) is 12.8. The lowest BCUT2D eigenvalue weighted by molar-refractivity contribution is -0.0440. The molecule has 2 saturated heterocycles.